The van der Waals surface area contributed by atoms with Crippen LogP contribution in [-0.2, 0) is 4.74 Å². The highest BCUT2D eigenvalue weighted by Crippen LogP contribution is 2.31. The Bertz CT molecular complexity index is 858. The van der Waals surface area contributed by atoms with Crippen LogP contribution in [0.1, 0.15) is 39.0 Å². The quantitative estimate of drug-likeness (QED) is 0.816. The number of ether oxygens (including phenoxy) is 3. The minimum Gasteiger partial charge on any atom is -0.486 e. The van der Waals surface area contributed by atoms with E-state index in [1.165, 1.54) is 0 Å². The summed E-state index contributed by atoms with van der Waals surface area (Å²) in [5.41, 5.74) is 2.01. The van der Waals surface area contributed by atoms with Crippen LogP contribution in [-0.4, -0.2) is 54.7 Å². The smallest absolute Gasteiger partial charge is 0.340 e. The number of aryl methyl sites for hydroxylation is 1. The maximum atomic E-state index is 12.9. The molecule has 0 saturated heterocycles. The van der Waals surface area contributed by atoms with Gasteiger partial charge in [0.1, 0.15) is 12.3 Å². The van der Waals surface area contributed by atoms with Gasteiger partial charge in [-0.3, -0.25) is 4.79 Å². The number of carbonyl (C=O) groups is 2. The van der Waals surface area contributed by atoms with E-state index in [0.717, 1.165) is 0 Å². The number of carbonyl (C=O) groups excluding carboxylic acids is 2. The van der Waals surface area contributed by atoms with Crippen LogP contribution in [0, 0.1) is 13.8 Å². The van der Waals surface area contributed by atoms with Gasteiger partial charge in [0.2, 0.25) is 0 Å². The van der Waals surface area contributed by atoms with Crippen LogP contribution in [0.4, 0.5) is 0 Å². The summed E-state index contributed by atoms with van der Waals surface area (Å²) in [4.78, 5) is 29.6. The lowest BCUT2D eigenvalue weighted by Gasteiger charge is -2.29. The standard InChI is InChI=1S/C20H24N2O5/c1-5-25-20(24)17-12(2)18(21-13(17)3)19(23)22(4)10-14-11-26-15-8-6-7-9-16(15)27-14/h6-9,14,21H,5,10-11H2,1-4H3. The highest BCUT2D eigenvalue weighted by atomic mass is 16.6. The van der Waals surface area contributed by atoms with Gasteiger partial charge in [0, 0.05) is 12.7 Å². The zero-order chi connectivity index (χ0) is 19.6. The predicted molar refractivity (Wildman–Crippen MR) is 99.5 cm³/mol. The second-order valence-electron chi connectivity index (χ2n) is 6.53. The number of H-pyrrole nitrogens is 1. The topological polar surface area (TPSA) is 80.9 Å². The molecule has 2 aromatic rings. The number of likely N-dealkylation sites (N-methyl/N-ethyl adjacent to an activating group) is 1. The average molecular weight is 372 g/mol. The van der Waals surface area contributed by atoms with Gasteiger partial charge in [-0.25, -0.2) is 4.79 Å². The van der Waals surface area contributed by atoms with E-state index in [9.17, 15) is 9.59 Å². The number of aromatic nitrogens is 1. The fourth-order valence-electron chi connectivity index (χ4n) is 3.21. The van der Waals surface area contributed by atoms with E-state index in [1.54, 1.807) is 32.7 Å². The van der Waals surface area contributed by atoms with Gasteiger partial charge in [-0.05, 0) is 38.5 Å². The van der Waals surface area contributed by atoms with Gasteiger partial charge in [0.05, 0.1) is 18.7 Å². The van der Waals surface area contributed by atoms with E-state index in [4.69, 9.17) is 14.2 Å². The molecule has 0 fully saturated rings. The van der Waals surface area contributed by atoms with Crippen molar-refractivity contribution in [1.29, 1.82) is 0 Å². The Labute approximate surface area is 158 Å². The number of nitrogens with zero attached hydrogens (tertiary/aromatic N) is 1. The largest absolute Gasteiger partial charge is 0.486 e. The summed E-state index contributed by atoms with van der Waals surface area (Å²) in [7, 11) is 1.70. The van der Waals surface area contributed by atoms with Gasteiger partial charge in [-0.15, -0.1) is 0 Å². The van der Waals surface area contributed by atoms with Crippen molar-refractivity contribution < 1.29 is 23.8 Å². The SMILES string of the molecule is CCOC(=O)c1c(C)[nH]c(C(=O)N(C)CC2COc3ccccc3O2)c1C. The Morgan fingerprint density at radius 1 is 1.26 bits per heavy atom. The fourth-order valence-corrected chi connectivity index (χ4v) is 3.21. The molecule has 144 valence electrons. The molecule has 3 rings (SSSR count). The number of benzene rings is 1. The summed E-state index contributed by atoms with van der Waals surface area (Å²) < 4.78 is 16.7. The second kappa shape index (κ2) is 7.73. The first kappa shape index (κ1) is 18.8. The van der Waals surface area contributed by atoms with Crippen LogP contribution in [0.5, 0.6) is 11.5 Å². The van der Waals surface area contributed by atoms with Crippen molar-refractivity contribution in [3.8, 4) is 11.5 Å². The highest BCUT2D eigenvalue weighted by Gasteiger charge is 2.28. The Kier molecular flexibility index (Phi) is 5.39. The summed E-state index contributed by atoms with van der Waals surface area (Å²) in [5.74, 6) is 0.739. The highest BCUT2D eigenvalue weighted by molar-refractivity contribution is 6.00. The molecule has 1 aromatic heterocycles. The van der Waals surface area contributed by atoms with E-state index in [0.29, 0.717) is 47.2 Å². The van der Waals surface area contributed by atoms with E-state index in [2.05, 4.69) is 4.98 Å². The van der Waals surface area contributed by atoms with Crippen molar-refractivity contribution >= 4 is 11.9 Å². The Hall–Kier alpha value is -2.96. The Balaban J connectivity index is 1.71. The molecule has 0 aliphatic carbocycles. The van der Waals surface area contributed by atoms with Crippen LogP contribution in [0.3, 0.4) is 0 Å². The molecule has 27 heavy (non-hydrogen) atoms. The first-order valence-corrected chi connectivity index (χ1v) is 8.92. The van der Waals surface area contributed by atoms with Crippen LogP contribution in [0.15, 0.2) is 24.3 Å². The molecule has 1 amide bonds. The molecular weight excluding hydrogens is 348 g/mol. The lowest BCUT2D eigenvalue weighted by molar-refractivity contribution is 0.0517. The minimum atomic E-state index is -0.425. The van der Waals surface area contributed by atoms with Crippen molar-refractivity contribution in [3.05, 3.63) is 46.8 Å². The van der Waals surface area contributed by atoms with Crippen molar-refractivity contribution in [3.63, 3.8) is 0 Å². The predicted octanol–water partition coefficient (Wildman–Crippen LogP) is 2.72. The van der Waals surface area contributed by atoms with Crippen molar-refractivity contribution in [2.75, 3.05) is 26.8 Å². The fraction of sp³-hybridized carbons (Fsp3) is 0.400. The third-order valence-corrected chi connectivity index (χ3v) is 4.52. The Morgan fingerprint density at radius 2 is 1.96 bits per heavy atom. The number of fused-ring (bicyclic) bond motifs is 1. The van der Waals surface area contributed by atoms with Gasteiger partial charge in [0.25, 0.3) is 5.91 Å². The molecule has 0 bridgehead atoms. The first-order chi connectivity index (χ1) is 12.9. The third-order valence-electron chi connectivity index (χ3n) is 4.52. The lowest BCUT2D eigenvalue weighted by Crippen LogP contribution is -2.42. The second-order valence-corrected chi connectivity index (χ2v) is 6.53. The molecule has 2 heterocycles. The summed E-state index contributed by atoms with van der Waals surface area (Å²) in [6.45, 7) is 6.26. The molecule has 1 aliphatic heterocycles. The molecule has 1 atom stereocenters. The molecule has 1 aromatic carbocycles. The van der Waals surface area contributed by atoms with Crippen LogP contribution in [0.2, 0.25) is 0 Å². The van der Waals surface area contributed by atoms with Crippen molar-refractivity contribution in [1.82, 2.24) is 9.88 Å². The number of hydrogen-bond donors (Lipinski definition) is 1. The Morgan fingerprint density at radius 3 is 2.67 bits per heavy atom. The van der Waals surface area contributed by atoms with Gasteiger partial charge in [0.15, 0.2) is 17.6 Å². The molecule has 7 heteroatoms. The van der Waals surface area contributed by atoms with Crippen LogP contribution in [0.25, 0.3) is 0 Å². The van der Waals surface area contributed by atoms with Gasteiger partial charge in [-0.2, -0.15) is 0 Å². The van der Waals surface area contributed by atoms with Gasteiger partial charge in [-0.1, -0.05) is 12.1 Å². The number of hydrogen-bond acceptors (Lipinski definition) is 5. The van der Waals surface area contributed by atoms with E-state index in [1.807, 2.05) is 24.3 Å². The summed E-state index contributed by atoms with van der Waals surface area (Å²) in [6.07, 6.45) is -0.269. The molecule has 0 spiro atoms. The average Bonchev–Trinajstić information content (AvgIpc) is 2.95. The lowest BCUT2D eigenvalue weighted by atomic mass is 10.1. The van der Waals surface area contributed by atoms with Crippen molar-refractivity contribution in [2.24, 2.45) is 0 Å². The van der Waals surface area contributed by atoms with E-state index in [-0.39, 0.29) is 18.6 Å². The summed E-state index contributed by atoms with van der Waals surface area (Å²) >= 11 is 0. The zero-order valence-electron chi connectivity index (χ0n) is 16.0. The van der Waals surface area contributed by atoms with E-state index < -0.39 is 5.97 Å². The summed E-state index contributed by atoms with van der Waals surface area (Å²) in [6, 6.07) is 7.45. The number of amides is 1. The maximum Gasteiger partial charge on any atom is 0.340 e. The van der Waals surface area contributed by atoms with Crippen molar-refractivity contribution in [2.45, 2.75) is 26.9 Å². The molecule has 1 aliphatic rings. The zero-order valence-corrected chi connectivity index (χ0v) is 16.0. The summed E-state index contributed by atoms with van der Waals surface area (Å²) in [5, 5.41) is 0. The molecule has 0 saturated carbocycles. The molecule has 1 N–H and O–H groups in total. The normalized spacial score (nSPS) is 15.3. The minimum absolute atomic E-state index is 0.214. The number of esters is 1. The van der Waals surface area contributed by atoms with Gasteiger partial charge < -0.3 is 24.1 Å². The number of nitrogens with one attached hydrogen (secondary N) is 1. The van der Waals surface area contributed by atoms with Crippen LogP contribution < -0.4 is 9.47 Å². The van der Waals surface area contributed by atoms with E-state index >= 15 is 0 Å². The third kappa shape index (κ3) is 3.77. The molecular formula is C20H24N2O5. The van der Waals surface area contributed by atoms with Gasteiger partial charge >= 0.3 is 5.97 Å². The number of rotatable bonds is 5. The first-order valence-electron chi connectivity index (χ1n) is 8.92. The molecule has 1 unspecified atom stereocenters. The van der Waals surface area contributed by atoms with Crippen LogP contribution >= 0.6 is 0 Å². The number of para-hydroxylation sites is 2. The monoisotopic (exact) mass is 372 g/mol. The molecule has 7 nitrogen and oxygen atoms in total. The maximum absolute atomic E-state index is 12.9. The molecule has 0 radical (unpaired) electrons. The number of aromatic amines is 1.